The van der Waals surface area contributed by atoms with Gasteiger partial charge in [-0.2, -0.15) is 0 Å². The number of aromatic nitrogens is 2. The molecule has 2 N–H and O–H groups in total. The number of aliphatic hydroxyl groups is 1. The fourth-order valence-electron chi connectivity index (χ4n) is 3.80. The highest BCUT2D eigenvalue weighted by molar-refractivity contribution is 5.99. The van der Waals surface area contributed by atoms with Gasteiger partial charge in [0, 0.05) is 24.4 Å². The summed E-state index contributed by atoms with van der Waals surface area (Å²) in [6.07, 6.45) is -0.0895. The van der Waals surface area contributed by atoms with Gasteiger partial charge in [0.25, 0.3) is 5.91 Å². The van der Waals surface area contributed by atoms with Gasteiger partial charge in [0.05, 0.1) is 24.5 Å². The Labute approximate surface area is 198 Å². The molecule has 3 heterocycles. The van der Waals surface area contributed by atoms with Gasteiger partial charge < -0.3 is 10.4 Å². The lowest BCUT2D eigenvalue weighted by Crippen LogP contribution is -2.38. The number of fused-ring (bicyclic) bond motifs is 1. The summed E-state index contributed by atoms with van der Waals surface area (Å²) in [5.74, 6) is -4.80. The van der Waals surface area contributed by atoms with Crippen molar-refractivity contribution >= 4 is 28.7 Å². The zero-order valence-corrected chi connectivity index (χ0v) is 19.2. The van der Waals surface area contributed by atoms with E-state index in [0.717, 1.165) is 10.8 Å². The van der Waals surface area contributed by atoms with Crippen molar-refractivity contribution in [1.82, 2.24) is 14.9 Å². The average Bonchev–Trinajstić information content (AvgIpc) is 3.11. The standard InChI is InChI=1S/C24H23F3N4O4/c1-11(2)12(3)28-24(35)16-10-31(21-17(26)6-13(25)7-18(21)27)23-15(22(16)34)4-5-19(29-23)30-9-14(32)8-20(30)33/h4-7,10-12,14,32H,8-9H2,1-3H3,(H,28,35)/t12-,14-/m0/s1. The van der Waals surface area contributed by atoms with Crippen LogP contribution in [0.2, 0.25) is 0 Å². The van der Waals surface area contributed by atoms with E-state index in [2.05, 4.69) is 10.3 Å². The number of pyridine rings is 2. The Bertz CT molecular complexity index is 1380. The van der Waals surface area contributed by atoms with E-state index in [0.29, 0.717) is 12.1 Å². The molecular weight excluding hydrogens is 465 g/mol. The molecule has 1 fully saturated rings. The third-order valence-corrected chi connectivity index (χ3v) is 6.04. The molecule has 8 nitrogen and oxygen atoms in total. The molecular formula is C24H23F3N4O4. The minimum absolute atomic E-state index is 0.0424. The molecule has 2 amide bonds. The number of hydrogen-bond donors (Lipinski definition) is 2. The number of halogens is 3. The number of β-amino-alcohol motifs (C(OH)–C–C–N with tert-alkyl or cyclic N) is 1. The summed E-state index contributed by atoms with van der Waals surface area (Å²) in [4.78, 5) is 43.8. The Balaban J connectivity index is 1.98. The first-order chi connectivity index (χ1) is 16.5. The third-order valence-electron chi connectivity index (χ3n) is 6.04. The van der Waals surface area contributed by atoms with Gasteiger partial charge in [0.1, 0.15) is 22.9 Å². The van der Waals surface area contributed by atoms with Crippen LogP contribution in [0, 0.1) is 23.4 Å². The van der Waals surface area contributed by atoms with Gasteiger partial charge in [-0.3, -0.25) is 23.9 Å². The second-order valence-corrected chi connectivity index (χ2v) is 8.87. The van der Waals surface area contributed by atoms with Crippen LogP contribution in [0.25, 0.3) is 16.7 Å². The first-order valence-electron chi connectivity index (χ1n) is 11.0. The zero-order valence-electron chi connectivity index (χ0n) is 19.2. The zero-order chi connectivity index (χ0) is 25.6. The molecule has 35 heavy (non-hydrogen) atoms. The van der Waals surface area contributed by atoms with Gasteiger partial charge in [-0.25, -0.2) is 18.2 Å². The highest BCUT2D eigenvalue weighted by Crippen LogP contribution is 2.26. The summed E-state index contributed by atoms with van der Waals surface area (Å²) in [5.41, 5.74) is -2.13. The largest absolute Gasteiger partial charge is 0.391 e. The second kappa shape index (κ2) is 9.14. The summed E-state index contributed by atoms with van der Waals surface area (Å²) in [7, 11) is 0. The van der Waals surface area contributed by atoms with Crippen molar-refractivity contribution in [2.75, 3.05) is 11.4 Å². The maximum atomic E-state index is 14.8. The maximum Gasteiger partial charge on any atom is 0.257 e. The summed E-state index contributed by atoms with van der Waals surface area (Å²) in [5, 5.41) is 12.3. The highest BCUT2D eigenvalue weighted by Gasteiger charge is 2.31. The van der Waals surface area contributed by atoms with Crippen LogP contribution < -0.4 is 15.6 Å². The molecule has 0 aliphatic carbocycles. The Hall–Kier alpha value is -3.73. The van der Waals surface area contributed by atoms with Crippen molar-refractivity contribution in [2.24, 2.45) is 5.92 Å². The van der Waals surface area contributed by atoms with Crippen LogP contribution in [0.5, 0.6) is 0 Å². The Morgan fingerprint density at radius 3 is 2.37 bits per heavy atom. The van der Waals surface area contributed by atoms with Crippen LogP contribution in [0.4, 0.5) is 19.0 Å². The molecule has 2 atom stereocenters. The first kappa shape index (κ1) is 24.4. The highest BCUT2D eigenvalue weighted by atomic mass is 19.1. The summed E-state index contributed by atoms with van der Waals surface area (Å²) < 4.78 is 44.0. The summed E-state index contributed by atoms with van der Waals surface area (Å²) >= 11 is 0. The number of carbonyl (C=O) groups is 2. The molecule has 0 spiro atoms. The number of anilines is 1. The van der Waals surface area contributed by atoms with Crippen molar-refractivity contribution in [2.45, 2.75) is 39.3 Å². The van der Waals surface area contributed by atoms with E-state index in [9.17, 15) is 32.7 Å². The van der Waals surface area contributed by atoms with E-state index in [1.165, 1.54) is 17.0 Å². The minimum Gasteiger partial charge on any atom is -0.391 e. The van der Waals surface area contributed by atoms with Crippen molar-refractivity contribution < 1.29 is 27.9 Å². The SMILES string of the molecule is CC(C)[C@H](C)NC(=O)c1cn(-c2c(F)cc(F)cc2F)c2nc(N3C[C@@H](O)CC3=O)ccc2c1=O. The molecule has 1 aliphatic heterocycles. The van der Waals surface area contributed by atoms with E-state index in [1.54, 1.807) is 6.92 Å². The number of amides is 2. The van der Waals surface area contributed by atoms with Gasteiger partial charge in [0.15, 0.2) is 17.3 Å². The molecule has 184 valence electrons. The predicted molar refractivity (Wildman–Crippen MR) is 122 cm³/mol. The summed E-state index contributed by atoms with van der Waals surface area (Å²) in [6.45, 7) is 5.44. The van der Waals surface area contributed by atoms with Crippen LogP contribution >= 0.6 is 0 Å². The lowest BCUT2D eigenvalue weighted by atomic mass is 10.1. The van der Waals surface area contributed by atoms with E-state index in [1.807, 2.05) is 13.8 Å². The topological polar surface area (TPSA) is 105 Å². The Morgan fingerprint density at radius 1 is 1.14 bits per heavy atom. The molecule has 0 bridgehead atoms. The van der Waals surface area contributed by atoms with E-state index in [4.69, 9.17) is 0 Å². The van der Waals surface area contributed by atoms with Crippen LogP contribution in [-0.4, -0.2) is 45.2 Å². The quantitative estimate of drug-likeness (QED) is 0.575. The number of nitrogens with one attached hydrogen (secondary N) is 1. The van der Waals surface area contributed by atoms with Gasteiger partial charge in [-0.05, 0) is 25.0 Å². The Morgan fingerprint density at radius 2 is 1.80 bits per heavy atom. The molecule has 1 aliphatic rings. The van der Waals surface area contributed by atoms with E-state index >= 15 is 0 Å². The average molecular weight is 488 g/mol. The number of hydrogen-bond acceptors (Lipinski definition) is 5. The van der Waals surface area contributed by atoms with Crippen LogP contribution in [0.3, 0.4) is 0 Å². The minimum atomic E-state index is -1.28. The lowest BCUT2D eigenvalue weighted by molar-refractivity contribution is -0.117. The molecule has 1 aromatic carbocycles. The number of benzene rings is 1. The second-order valence-electron chi connectivity index (χ2n) is 8.87. The van der Waals surface area contributed by atoms with Crippen LogP contribution in [0.15, 0.2) is 35.3 Å². The van der Waals surface area contributed by atoms with Crippen LogP contribution in [0.1, 0.15) is 37.6 Å². The maximum absolute atomic E-state index is 14.8. The Kier molecular flexibility index (Phi) is 6.37. The van der Waals surface area contributed by atoms with E-state index < -0.39 is 52.0 Å². The molecule has 4 rings (SSSR count). The van der Waals surface area contributed by atoms with Crippen molar-refractivity contribution in [3.8, 4) is 5.69 Å². The van der Waals surface area contributed by atoms with Gasteiger partial charge in [-0.15, -0.1) is 0 Å². The normalized spacial score (nSPS) is 16.9. The first-order valence-corrected chi connectivity index (χ1v) is 11.0. The fourth-order valence-corrected chi connectivity index (χ4v) is 3.80. The lowest BCUT2D eigenvalue weighted by Gasteiger charge is -2.20. The molecule has 11 heteroatoms. The van der Waals surface area contributed by atoms with E-state index in [-0.39, 0.29) is 41.8 Å². The monoisotopic (exact) mass is 488 g/mol. The molecule has 0 radical (unpaired) electrons. The van der Waals surface area contributed by atoms with Gasteiger partial charge in [0.2, 0.25) is 11.3 Å². The number of aliphatic hydroxyl groups excluding tert-OH is 1. The van der Waals surface area contributed by atoms with Crippen LogP contribution in [-0.2, 0) is 4.79 Å². The molecule has 0 unspecified atom stereocenters. The number of nitrogens with zero attached hydrogens (tertiary/aromatic N) is 3. The molecule has 0 saturated carbocycles. The molecule has 3 aromatic rings. The molecule has 2 aromatic heterocycles. The van der Waals surface area contributed by atoms with Gasteiger partial charge >= 0.3 is 0 Å². The van der Waals surface area contributed by atoms with Gasteiger partial charge in [-0.1, -0.05) is 13.8 Å². The number of rotatable bonds is 5. The third kappa shape index (κ3) is 4.51. The predicted octanol–water partition coefficient (Wildman–Crippen LogP) is 2.67. The smallest absolute Gasteiger partial charge is 0.257 e. The van der Waals surface area contributed by atoms with Crippen molar-refractivity contribution in [3.63, 3.8) is 0 Å². The van der Waals surface area contributed by atoms with Crippen molar-refractivity contribution in [1.29, 1.82) is 0 Å². The van der Waals surface area contributed by atoms with Crippen molar-refractivity contribution in [3.05, 3.63) is 63.7 Å². The fraction of sp³-hybridized carbons (Fsp3) is 0.333. The number of carbonyl (C=O) groups excluding carboxylic acids is 2. The molecule has 1 saturated heterocycles. The summed E-state index contributed by atoms with van der Waals surface area (Å²) in [6, 6.07) is 3.26.